The van der Waals surface area contributed by atoms with E-state index in [1.54, 1.807) is 0 Å². The number of primary amides is 1. The first-order valence-electron chi connectivity index (χ1n) is 4.48. The summed E-state index contributed by atoms with van der Waals surface area (Å²) in [6, 6.07) is 0.224. The molecule has 12 heavy (non-hydrogen) atoms. The second kappa shape index (κ2) is 3.05. The van der Waals surface area contributed by atoms with E-state index in [1.165, 1.54) is 0 Å². The summed E-state index contributed by atoms with van der Waals surface area (Å²) in [5.74, 6) is 0.173. The predicted octanol–water partition coefficient (Wildman–Crippen LogP) is 0.625. The summed E-state index contributed by atoms with van der Waals surface area (Å²) >= 11 is 0. The maximum atomic E-state index is 10.7. The molecule has 3 nitrogen and oxygen atoms in total. The summed E-state index contributed by atoms with van der Waals surface area (Å²) in [5, 5.41) is 0. The van der Waals surface area contributed by atoms with Crippen molar-refractivity contribution in [3.05, 3.63) is 0 Å². The van der Waals surface area contributed by atoms with Gasteiger partial charge in [-0.15, -0.1) is 0 Å². The summed E-state index contributed by atoms with van der Waals surface area (Å²) in [6.45, 7) is 4.25. The molecule has 0 radical (unpaired) electrons. The van der Waals surface area contributed by atoms with Crippen molar-refractivity contribution in [2.24, 2.45) is 22.8 Å². The van der Waals surface area contributed by atoms with Gasteiger partial charge in [-0.1, -0.05) is 13.8 Å². The van der Waals surface area contributed by atoms with Crippen LogP contribution in [0.2, 0.25) is 0 Å². The first kappa shape index (κ1) is 9.52. The number of amides is 1. The third-order valence-corrected chi connectivity index (χ3v) is 3.28. The largest absolute Gasteiger partial charge is 0.370 e. The second-order valence-electron chi connectivity index (χ2n) is 4.37. The number of carbonyl (C=O) groups excluding carboxylic acids is 1. The number of hydrogen-bond acceptors (Lipinski definition) is 2. The lowest BCUT2D eigenvalue weighted by atomic mass is 9.78. The van der Waals surface area contributed by atoms with Gasteiger partial charge in [0.2, 0.25) is 5.91 Å². The molecule has 3 heteroatoms. The van der Waals surface area contributed by atoms with Crippen molar-refractivity contribution in [2.75, 3.05) is 0 Å². The van der Waals surface area contributed by atoms with E-state index in [0.717, 1.165) is 12.8 Å². The topological polar surface area (TPSA) is 69.1 Å². The van der Waals surface area contributed by atoms with Crippen LogP contribution in [0.1, 0.15) is 33.1 Å². The smallest absolute Gasteiger partial charge is 0.217 e. The van der Waals surface area contributed by atoms with E-state index < -0.39 is 0 Å². The van der Waals surface area contributed by atoms with Crippen molar-refractivity contribution in [1.29, 1.82) is 0 Å². The third-order valence-electron chi connectivity index (χ3n) is 3.28. The van der Waals surface area contributed by atoms with Crippen molar-refractivity contribution in [1.82, 2.24) is 0 Å². The molecule has 4 N–H and O–H groups in total. The first-order chi connectivity index (χ1) is 5.44. The van der Waals surface area contributed by atoms with Crippen molar-refractivity contribution < 1.29 is 4.79 Å². The lowest BCUT2D eigenvalue weighted by Gasteiger charge is -2.30. The van der Waals surface area contributed by atoms with Gasteiger partial charge in [0, 0.05) is 12.5 Å². The fourth-order valence-electron chi connectivity index (χ4n) is 2.04. The summed E-state index contributed by atoms with van der Waals surface area (Å²) < 4.78 is 0. The van der Waals surface area contributed by atoms with Gasteiger partial charge in [-0.3, -0.25) is 4.79 Å². The minimum atomic E-state index is -0.206. The molecule has 1 amide bonds. The van der Waals surface area contributed by atoms with Crippen LogP contribution in [0, 0.1) is 11.3 Å². The van der Waals surface area contributed by atoms with Gasteiger partial charge in [0.1, 0.15) is 0 Å². The van der Waals surface area contributed by atoms with E-state index in [1.807, 2.05) is 0 Å². The minimum Gasteiger partial charge on any atom is -0.370 e. The van der Waals surface area contributed by atoms with Crippen LogP contribution in [0.15, 0.2) is 0 Å². The monoisotopic (exact) mass is 170 g/mol. The Morgan fingerprint density at radius 3 is 2.42 bits per heavy atom. The Kier molecular flexibility index (Phi) is 2.42. The molecule has 1 rings (SSSR count). The van der Waals surface area contributed by atoms with E-state index in [9.17, 15) is 4.79 Å². The zero-order valence-electron chi connectivity index (χ0n) is 7.84. The Balaban J connectivity index is 2.62. The summed E-state index contributed by atoms with van der Waals surface area (Å²) in [6.07, 6.45) is 2.54. The molecular formula is C9H18N2O. The summed E-state index contributed by atoms with van der Waals surface area (Å²) in [7, 11) is 0. The van der Waals surface area contributed by atoms with Crippen LogP contribution in [-0.2, 0) is 4.79 Å². The molecule has 0 aliphatic heterocycles. The second-order valence-corrected chi connectivity index (χ2v) is 4.37. The van der Waals surface area contributed by atoms with Crippen LogP contribution in [0.4, 0.5) is 0 Å². The van der Waals surface area contributed by atoms with Gasteiger partial charge in [-0.25, -0.2) is 0 Å². The Morgan fingerprint density at radius 2 is 2.08 bits per heavy atom. The number of rotatable bonds is 2. The highest BCUT2D eigenvalue weighted by Gasteiger charge is 2.41. The Bertz CT molecular complexity index is 189. The van der Waals surface area contributed by atoms with Gasteiger partial charge in [-0.05, 0) is 24.2 Å². The minimum absolute atomic E-state index is 0.0784. The quantitative estimate of drug-likeness (QED) is 0.638. The van der Waals surface area contributed by atoms with Gasteiger partial charge in [-0.2, -0.15) is 0 Å². The van der Waals surface area contributed by atoms with E-state index in [2.05, 4.69) is 13.8 Å². The van der Waals surface area contributed by atoms with Crippen LogP contribution in [0.5, 0.6) is 0 Å². The number of carbonyl (C=O) groups is 1. The molecule has 0 aromatic heterocycles. The molecule has 0 aromatic rings. The van der Waals surface area contributed by atoms with Crippen molar-refractivity contribution in [3.63, 3.8) is 0 Å². The molecule has 1 aliphatic carbocycles. The molecule has 0 spiro atoms. The zero-order valence-corrected chi connectivity index (χ0v) is 7.84. The standard InChI is InChI=1S/C9H18N2O/c1-9(2)6(5-8(11)12)3-4-7(9)10/h6-7H,3-5,10H2,1-2H3,(H2,11,12). The van der Waals surface area contributed by atoms with Crippen molar-refractivity contribution >= 4 is 5.91 Å². The molecule has 0 bridgehead atoms. The van der Waals surface area contributed by atoms with Gasteiger partial charge in [0.05, 0.1) is 0 Å². The predicted molar refractivity (Wildman–Crippen MR) is 48.3 cm³/mol. The van der Waals surface area contributed by atoms with Crippen molar-refractivity contribution in [3.8, 4) is 0 Å². The lowest BCUT2D eigenvalue weighted by molar-refractivity contribution is -0.119. The average molecular weight is 170 g/mol. The van der Waals surface area contributed by atoms with Gasteiger partial charge >= 0.3 is 0 Å². The number of nitrogens with two attached hydrogens (primary N) is 2. The molecule has 0 aromatic carbocycles. The van der Waals surface area contributed by atoms with Crippen molar-refractivity contribution in [2.45, 2.75) is 39.2 Å². The maximum Gasteiger partial charge on any atom is 0.217 e. The van der Waals surface area contributed by atoms with E-state index in [0.29, 0.717) is 12.3 Å². The number of hydrogen-bond donors (Lipinski definition) is 2. The highest BCUT2D eigenvalue weighted by molar-refractivity contribution is 5.74. The van der Waals surface area contributed by atoms with E-state index >= 15 is 0 Å². The fraction of sp³-hybridized carbons (Fsp3) is 0.889. The molecule has 0 heterocycles. The van der Waals surface area contributed by atoms with Gasteiger partial charge < -0.3 is 11.5 Å². The van der Waals surface area contributed by atoms with E-state index in [-0.39, 0.29) is 17.4 Å². The van der Waals surface area contributed by atoms with Crippen LogP contribution in [0.3, 0.4) is 0 Å². The zero-order chi connectivity index (χ0) is 9.35. The average Bonchev–Trinajstić information content (AvgIpc) is 2.15. The molecule has 1 aliphatic rings. The highest BCUT2D eigenvalue weighted by Crippen LogP contribution is 2.43. The molecule has 0 saturated heterocycles. The van der Waals surface area contributed by atoms with Crippen LogP contribution in [0.25, 0.3) is 0 Å². The molecule has 2 unspecified atom stereocenters. The lowest BCUT2D eigenvalue weighted by Crippen LogP contribution is -2.37. The highest BCUT2D eigenvalue weighted by atomic mass is 16.1. The van der Waals surface area contributed by atoms with E-state index in [4.69, 9.17) is 11.5 Å². The van der Waals surface area contributed by atoms with Gasteiger partial charge in [0.25, 0.3) is 0 Å². The maximum absolute atomic E-state index is 10.7. The molecule has 1 fully saturated rings. The van der Waals surface area contributed by atoms with Crippen LogP contribution < -0.4 is 11.5 Å². The van der Waals surface area contributed by atoms with Gasteiger partial charge in [0.15, 0.2) is 0 Å². The Hall–Kier alpha value is -0.570. The summed E-state index contributed by atoms with van der Waals surface area (Å²) in [4.78, 5) is 10.7. The molecular weight excluding hydrogens is 152 g/mol. The Morgan fingerprint density at radius 1 is 1.50 bits per heavy atom. The third kappa shape index (κ3) is 1.61. The summed E-state index contributed by atoms with van der Waals surface area (Å²) in [5.41, 5.74) is 11.2. The Labute approximate surface area is 73.5 Å². The fourth-order valence-corrected chi connectivity index (χ4v) is 2.04. The SMILES string of the molecule is CC1(C)C(N)CCC1CC(N)=O. The van der Waals surface area contributed by atoms with Crippen LogP contribution in [-0.4, -0.2) is 11.9 Å². The van der Waals surface area contributed by atoms with Crippen LogP contribution >= 0.6 is 0 Å². The normalized spacial score (nSPS) is 33.6. The first-order valence-corrected chi connectivity index (χ1v) is 4.48. The molecule has 70 valence electrons. The molecule has 2 atom stereocenters. The molecule has 1 saturated carbocycles.